The zero-order valence-corrected chi connectivity index (χ0v) is 22.2. The number of carbonyl (C=O) groups is 2. The van der Waals surface area contributed by atoms with Crippen LogP contribution in [0.25, 0.3) is 10.4 Å². The number of pyridine rings is 1. The Labute approximate surface area is 223 Å². The van der Waals surface area contributed by atoms with Gasteiger partial charge in [-0.3, -0.25) is 9.59 Å². The monoisotopic (exact) mass is 551 g/mol. The van der Waals surface area contributed by atoms with Crippen molar-refractivity contribution in [2.45, 2.75) is 82.7 Å². The Hall–Kier alpha value is -2.73. The highest BCUT2D eigenvalue weighted by molar-refractivity contribution is 7.17. The molecule has 3 N–H and O–H groups in total. The molecule has 0 spiro atoms. The quantitative estimate of drug-likeness (QED) is 0.417. The lowest BCUT2D eigenvalue weighted by atomic mass is 10.1. The molecular weight excluding hydrogens is 519 g/mol. The molecule has 0 radical (unpaired) electrons. The average Bonchev–Trinajstić information content (AvgIpc) is 3.77. The first-order valence-corrected chi connectivity index (χ1v) is 14.0. The van der Waals surface area contributed by atoms with E-state index < -0.39 is 29.2 Å². The van der Waals surface area contributed by atoms with Crippen LogP contribution in [0.4, 0.5) is 19.0 Å². The summed E-state index contributed by atoms with van der Waals surface area (Å²) in [6.45, 7) is 4.35. The summed E-state index contributed by atoms with van der Waals surface area (Å²) in [4.78, 5) is 36.4. The van der Waals surface area contributed by atoms with Gasteiger partial charge in [-0.2, -0.15) is 13.2 Å². The number of likely N-dealkylation sites (tertiary alicyclic amines) is 1. The van der Waals surface area contributed by atoms with E-state index in [9.17, 15) is 27.9 Å². The summed E-state index contributed by atoms with van der Waals surface area (Å²) >= 11 is 0.737. The van der Waals surface area contributed by atoms with Gasteiger partial charge in [0.2, 0.25) is 0 Å². The summed E-state index contributed by atoms with van der Waals surface area (Å²) < 4.78 is 43.1. The number of anilines is 1. The highest BCUT2D eigenvalue weighted by Gasteiger charge is 2.41. The lowest BCUT2D eigenvalue weighted by molar-refractivity contribution is -0.137. The van der Waals surface area contributed by atoms with Crippen LogP contribution in [0.1, 0.15) is 84.6 Å². The van der Waals surface area contributed by atoms with E-state index in [0.29, 0.717) is 25.3 Å². The highest BCUT2D eigenvalue weighted by atomic mass is 32.1. The number of nitrogens with one attached hydrogen (secondary N) is 2. The van der Waals surface area contributed by atoms with E-state index >= 15 is 0 Å². The Morgan fingerprint density at radius 1 is 1.29 bits per heavy atom. The van der Waals surface area contributed by atoms with Crippen LogP contribution in [-0.2, 0) is 6.18 Å². The van der Waals surface area contributed by atoms with Crippen molar-refractivity contribution in [2.24, 2.45) is 5.92 Å². The molecular formula is C26H32F3N5O3S. The van der Waals surface area contributed by atoms with Gasteiger partial charge < -0.3 is 20.6 Å². The third-order valence-electron chi connectivity index (χ3n) is 7.66. The van der Waals surface area contributed by atoms with Gasteiger partial charge in [0.15, 0.2) is 5.01 Å². The Morgan fingerprint density at radius 2 is 2.03 bits per heavy atom. The third-order valence-corrected chi connectivity index (χ3v) is 8.75. The van der Waals surface area contributed by atoms with E-state index in [1.165, 1.54) is 0 Å². The molecule has 1 unspecified atom stereocenters. The SMILES string of the molecule is CCC(Nc1cc(C(F)(F)F)c(-c2sc(C(=O)NCC3(O)CC3)nc2C(=O)N2CCC[C@@H]2C)cn1)C1CC1. The second kappa shape index (κ2) is 10.1. The molecule has 1 saturated heterocycles. The number of aromatic nitrogens is 2. The van der Waals surface area contributed by atoms with Crippen LogP contribution in [-0.4, -0.2) is 62.6 Å². The van der Waals surface area contributed by atoms with Crippen LogP contribution in [0.5, 0.6) is 0 Å². The van der Waals surface area contributed by atoms with E-state index in [2.05, 4.69) is 20.6 Å². The van der Waals surface area contributed by atoms with Gasteiger partial charge in [-0.15, -0.1) is 11.3 Å². The summed E-state index contributed by atoms with van der Waals surface area (Å²) in [5, 5.41) is 15.7. The van der Waals surface area contributed by atoms with Gasteiger partial charge in [-0.1, -0.05) is 6.92 Å². The maximum Gasteiger partial charge on any atom is 0.417 e. The number of thiazole rings is 1. The lowest BCUT2D eigenvalue weighted by Gasteiger charge is -2.22. The molecule has 2 saturated carbocycles. The van der Waals surface area contributed by atoms with E-state index in [-0.39, 0.29) is 45.6 Å². The molecule has 12 heteroatoms. The summed E-state index contributed by atoms with van der Waals surface area (Å²) in [6, 6.07) is 0.941. The number of halogens is 3. The normalized spacial score (nSPS) is 21.3. The molecule has 3 fully saturated rings. The van der Waals surface area contributed by atoms with Crippen LogP contribution in [0, 0.1) is 5.92 Å². The smallest absolute Gasteiger partial charge is 0.388 e. The molecule has 2 atom stereocenters. The fourth-order valence-corrected chi connectivity index (χ4v) is 5.95. The minimum absolute atomic E-state index is 0.0164. The number of carbonyl (C=O) groups excluding carboxylic acids is 2. The van der Waals surface area contributed by atoms with Gasteiger partial charge in [0, 0.05) is 36.9 Å². The van der Waals surface area contributed by atoms with Crippen molar-refractivity contribution < 1.29 is 27.9 Å². The number of hydrogen-bond donors (Lipinski definition) is 3. The minimum Gasteiger partial charge on any atom is -0.388 e. The second-order valence-electron chi connectivity index (χ2n) is 10.7. The molecule has 0 bridgehead atoms. The van der Waals surface area contributed by atoms with Gasteiger partial charge in [0.25, 0.3) is 11.8 Å². The van der Waals surface area contributed by atoms with Gasteiger partial charge >= 0.3 is 6.18 Å². The zero-order valence-electron chi connectivity index (χ0n) is 21.4. The second-order valence-corrected chi connectivity index (χ2v) is 11.7. The van der Waals surface area contributed by atoms with Crippen molar-refractivity contribution in [3.63, 3.8) is 0 Å². The average molecular weight is 552 g/mol. The molecule has 3 heterocycles. The Balaban J connectivity index is 1.53. The maximum atomic E-state index is 14.4. The van der Waals surface area contributed by atoms with Crippen molar-refractivity contribution in [3.05, 3.63) is 28.5 Å². The molecule has 2 aromatic heterocycles. The summed E-state index contributed by atoms with van der Waals surface area (Å²) in [7, 11) is 0. The van der Waals surface area contributed by atoms with Crippen LogP contribution in [0.3, 0.4) is 0 Å². The Morgan fingerprint density at radius 3 is 2.61 bits per heavy atom. The molecule has 0 aromatic carbocycles. The maximum absolute atomic E-state index is 14.4. The fraction of sp³-hybridized carbons (Fsp3) is 0.615. The summed E-state index contributed by atoms with van der Waals surface area (Å²) in [5.41, 5.74) is -2.36. The van der Waals surface area contributed by atoms with Gasteiger partial charge in [0.05, 0.1) is 16.0 Å². The number of aliphatic hydroxyl groups is 1. The number of rotatable bonds is 9. The molecule has 3 aliphatic rings. The lowest BCUT2D eigenvalue weighted by Crippen LogP contribution is -2.35. The van der Waals surface area contributed by atoms with Crippen LogP contribution >= 0.6 is 11.3 Å². The van der Waals surface area contributed by atoms with Crippen LogP contribution < -0.4 is 10.6 Å². The summed E-state index contributed by atoms with van der Waals surface area (Å²) in [5.74, 6) is -0.587. The first-order valence-electron chi connectivity index (χ1n) is 13.2. The molecule has 2 aliphatic carbocycles. The van der Waals surface area contributed by atoms with Crippen LogP contribution in [0.15, 0.2) is 12.3 Å². The molecule has 2 amide bonds. The van der Waals surface area contributed by atoms with Crippen molar-refractivity contribution >= 4 is 29.0 Å². The number of alkyl halides is 3. The first-order chi connectivity index (χ1) is 18.0. The predicted molar refractivity (Wildman–Crippen MR) is 137 cm³/mol. The van der Waals surface area contributed by atoms with E-state index in [0.717, 1.165) is 55.7 Å². The number of nitrogens with zero attached hydrogens (tertiary/aromatic N) is 3. The van der Waals surface area contributed by atoms with Crippen molar-refractivity contribution in [3.8, 4) is 10.4 Å². The Kier molecular flexibility index (Phi) is 7.14. The van der Waals surface area contributed by atoms with Crippen molar-refractivity contribution in [1.29, 1.82) is 0 Å². The van der Waals surface area contributed by atoms with Crippen molar-refractivity contribution in [2.75, 3.05) is 18.4 Å². The molecule has 5 rings (SSSR count). The van der Waals surface area contributed by atoms with Gasteiger partial charge in [0.1, 0.15) is 11.5 Å². The number of hydrogen-bond acceptors (Lipinski definition) is 7. The molecule has 8 nitrogen and oxygen atoms in total. The third kappa shape index (κ3) is 5.66. The van der Waals surface area contributed by atoms with E-state index in [1.807, 2.05) is 13.8 Å². The topological polar surface area (TPSA) is 107 Å². The zero-order chi connectivity index (χ0) is 27.2. The number of amides is 2. The standard InChI is InChI=1S/C26H32F3N5O3S/c1-3-18(15-6-7-15)32-19-11-17(26(27,28)29)16(12-30-19)21-20(24(36)34-10-4-5-14(34)2)33-23(38-21)22(35)31-13-25(37)8-9-25/h11-12,14-15,18,37H,3-10,13H2,1-2H3,(H,30,32)(H,31,35)/t14-,18?/m0/s1. The fourth-order valence-electron chi connectivity index (χ4n) is 4.95. The first kappa shape index (κ1) is 26.9. The molecule has 2 aromatic rings. The highest BCUT2D eigenvalue weighted by Crippen LogP contribution is 2.43. The van der Waals surface area contributed by atoms with E-state index in [1.54, 1.807) is 4.90 Å². The predicted octanol–water partition coefficient (Wildman–Crippen LogP) is 4.70. The molecule has 38 heavy (non-hydrogen) atoms. The minimum atomic E-state index is -4.72. The molecule has 206 valence electrons. The summed E-state index contributed by atoms with van der Waals surface area (Å²) in [6.07, 6.45) is 1.94. The van der Waals surface area contributed by atoms with Gasteiger partial charge in [-0.05, 0) is 63.9 Å². The largest absolute Gasteiger partial charge is 0.417 e. The van der Waals surface area contributed by atoms with Gasteiger partial charge in [-0.25, -0.2) is 9.97 Å². The molecule has 1 aliphatic heterocycles. The van der Waals surface area contributed by atoms with Crippen LogP contribution in [0.2, 0.25) is 0 Å². The van der Waals surface area contributed by atoms with Crippen molar-refractivity contribution in [1.82, 2.24) is 20.2 Å². The van der Waals surface area contributed by atoms with E-state index in [4.69, 9.17) is 0 Å². The Bertz CT molecular complexity index is 1230.